The van der Waals surface area contributed by atoms with Crippen LogP contribution in [0.5, 0.6) is 0 Å². The predicted octanol–water partition coefficient (Wildman–Crippen LogP) is 2.90. The zero-order valence-electron chi connectivity index (χ0n) is 11.5. The van der Waals surface area contributed by atoms with E-state index in [1.165, 1.54) is 5.75 Å². The summed E-state index contributed by atoms with van der Waals surface area (Å²) in [6, 6.07) is 0.465. The molecule has 98 valence electrons. The van der Waals surface area contributed by atoms with Gasteiger partial charge in [0, 0.05) is 17.3 Å². The van der Waals surface area contributed by atoms with Crippen LogP contribution < -0.4 is 5.32 Å². The Morgan fingerprint density at radius 3 is 2.31 bits per heavy atom. The van der Waals surface area contributed by atoms with Gasteiger partial charge in [-0.05, 0) is 31.9 Å². The van der Waals surface area contributed by atoms with E-state index >= 15 is 0 Å². The third-order valence-corrected chi connectivity index (χ3v) is 4.20. The predicted molar refractivity (Wildman–Crippen MR) is 75.2 cm³/mol. The standard InChI is InChI=1S/C13H29NOS/c1-6-7-13(5,10-15)14-12(4)9-16-8-11(2)3/h11-12,14-15H,6-10H2,1-5H3. The normalized spacial score (nSPS) is 17.4. The molecule has 0 aliphatic heterocycles. The summed E-state index contributed by atoms with van der Waals surface area (Å²) in [5.41, 5.74) is -0.105. The Morgan fingerprint density at radius 1 is 1.25 bits per heavy atom. The molecule has 0 aromatic carbocycles. The highest BCUT2D eigenvalue weighted by Gasteiger charge is 2.23. The van der Waals surface area contributed by atoms with Gasteiger partial charge < -0.3 is 10.4 Å². The molecule has 0 bridgehead atoms. The summed E-state index contributed by atoms with van der Waals surface area (Å²) in [6.07, 6.45) is 2.14. The number of nitrogens with one attached hydrogen (secondary N) is 1. The fraction of sp³-hybridized carbons (Fsp3) is 1.00. The van der Waals surface area contributed by atoms with E-state index in [2.05, 4.69) is 39.9 Å². The minimum atomic E-state index is -0.105. The first-order chi connectivity index (χ1) is 7.43. The van der Waals surface area contributed by atoms with Crippen molar-refractivity contribution in [3.63, 3.8) is 0 Å². The quantitative estimate of drug-likeness (QED) is 0.657. The molecule has 0 saturated carbocycles. The highest BCUT2D eigenvalue weighted by atomic mass is 32.2. The van der Waals surface area contributed by atoms with Crippen LogP contribution in [-0.4, -0.2) is 34.8 Å². The van der Waals surface area contributed by atoms with E-state index in [1.54, 1.807) is 0 Å². The van der Waals surface area contributed by atoms with Crippen molar-refractivity contribution in [1.29, 1.82) is 0 Å². The molecule has 0 aromatic rings. The van der Waals surface area contributed by atoms with Crippen molar-refractivity contribution < 1.29 is 5.11 Å². The highest BCUT2D eigenvalue weighted by Crippen LogP contribution is 2.15. The van der Waals surface area contributed by atoms with Crippen molar-refractivity contribution >= 4 is 11.8 Å². The maximum absolute atomic E-state index is 9.41. The number of thioether (sulfide) groups is 1. The van der Waals surface area contributed by atoms with E-state index < -0.39 is 0 Å². The maximum atomic E-state index is 9.41. The van der Waals surface area contributed by atoms with E-state index in [0.717, 1.165) is 24.5 Å². The van der Waals surface area contributed by atoms with E-state index in [0.29, 0.717) is 6.04 Å². The lowest BCUT2D eigenvalue weighted by Crippen LogP contribution is -2.50. The smallest absolute Gasteiger partial charge is 0.0610 e. The lowest BCUT2D eigenvalue weighted by molar-refractivity contribution is 0.157. The molecule has 0 amide bonds. The number of hydrogen-bond donors (Lipinski definition) is 2. The minimum Gasteiger partial charge on any atom is -0.394 e. The molecule has 0 aromatic heterocycles. The highest BCUT2D eigenvalue weighted by molar-refractivity contribution is 7.99. The van der Waals surface area contributed by atoms with Crippen LogP contribution in [0.25, 0.3) is 0 Å². The Labute approximate surface area is 106 Å². The molecule has 0 spiro atoms. The van der Waals surface area contributed by atoms with E-state index in [-0.39, 0.29) is 12.1 Å². The molecule has 2 atom stereocenters. The topological polar surface area (TPSA) is 32.3 Å². The molecule has 3 heteroatoms. The molecule has 0 radical (unpaired) electrons. The number of hydrogen-bond acceptors (Lipinski definition) is 3. The average molecular weight is 247 g/mol. The summed E-state index contributed by atoms with van der Waals surface area (Å²) in [5.74, 6) is 3.10. The lowest BCUT2D eigenvalue weighted by atomic mass is 9.96. The molecule has 0 rings (SSSR count). The first kappa shape index (κ1) is 16.3. The van der Waals surface area contributed by atoms with E-state index in [9.17, 15) is 5.11 Å². The Balaban J connectivity index is 3.86. The van der Waals surface area contributed by atoms with Gasteiger partial charge in [0.15, 0.2) is 0 Å². The Kier molecular flexibility index (Phi) is 8.52. The molecular weight excluding hydrogens is 218 g/mol. The van der Waals surface area contributed by atoms with Crippen LogP contribution >= 0.6 is 11.8 Å². The zero-order chi connectivity index (χ0) is 12.6. The molecule has 2 N–H and O–H groups in total. The second kappa shape index (κ2) is 8.37. The first-order valence-corrected chi connectivity index (χ1v) is 7.55. The summed E-state index contributed by atoms with van der Waals surface area (Å²) in [7, 11) is 0. The van der Waals surface area contributed by atoms with Crippen molar-refractivity contribution in [1.82, 2.24) is 5.32 Å². The average Bonchev–Trinajstić information content (AvgIpc) is 2.17. The van der Waals surface area contributed by atoms with Gasteiger partial charge >= 0.3 is 0 Å². The summed E-state index contributed by atoms with van der Waals surface area (Å²) in [5, 5.41) is 13.0. The second-order valence-electron chi connectivity index (χ2n) is 5.45. The Morgan fingerprint density at radius 2 is 1.88 bits per heavy atom. The molecule has 16 heavy (non-hydrogen) atoms. The van der Waals surface area contributed by atoms with Gasteiger partial charge in [-0.15, -0.1) is 0 Å². The summed E-state index contributed by atoms with van der Waals surface area (Å²) < 4.78 is 0. The summed E-state index contributed by atoms with van der Waals surface area (Å²) in [4.78, 5) is 0. The lowest BCUT2D eigenvalue weighted by Gasteiger charge is -2.32. The van der Waals surface area contributed by atoms with Gasteiger partial charge in [0.1, 0.15) is 0 Å². The van der Waals surface area contributed by atoms with Gasteiger partial charge in [-0.25, -0.2) is 0 Å². The number of aliphatic hydroxyl groups excluding tert-OH is 1. The molecule has 2 nitrogen and oxygen atoms in total. The van der Waals surface area contributed by atoms with Crippen molar-refractivity contribution in [3.05, 3.63) is 0 Å². The molecule has 0 saturated heterocycles. The maximum Gasteiger partial charge on any atom is 0.0610 e. The third-order valence-electron chi connectivity index (χ3n) is 2.56. The first-order valence-electron chi connectivity index (χ1n) is 6.40. The second-order valence-corrected chi connectivity index (χ2v) is 6.52. The fourth-order valence-corrected chi connectivity index (χ4v) is 2.91. The van der Waals surface area contributed by atoms with Gasteiger partial charge in [-0.1, -0.05) is 27.2 Å². The molecule has 2 unspecified atom stereocenters. The van der Waals surface area contributed by atoms with Crippen molar-refractivity contribution in [2.75, 3.05) is 18.1 Å². The van der Waals surface area contributed by atoms with Crippen LogP contribution in [0, 0.1) is 5.92 Å². The minimum absolute atomic E-state index is 0.105. The van der Waals surface area contributed by atoms with Gasteiger partial charge in [-0.3, -0.25) is 0 Å². The van der Waals surface area contributed by atoms with Crippen molar-refractivity contribution in [2.45, 2.75) is 59.0 Å². The van der Waals surface area contributed by atoms with Gasteiger partial charge in [0.25, 0.3) is 0 Å². The fourth-order valence-electron chi connectivity index (χ4n) is 1.87. The molecule has 0 heterocycles. The number of rotatable bonds is 9. The molecule has 0 fully saturated rings. The van der Waals surface area contributed by atoms with Gasteiger partial charge in [-0.2, -0.15) is 11.8 Å². The van der Waals surface area contributed by atoms with Crippen LogP contribution in [0.4, 0.5) is 0 Å². The van der Waals surface area contributed by atoms with Crippen LogP contribution in [0.1, 0.15) is 47.5 Å². The Hall–Kier alpha value is 0.270. The van der Waals surface area contributed by atoms with Crippen LogP contribution in [-0.2, 0) is 0 Å². The summed E-state index contributed by atoms with van der Waals surface area (Å²) >= 11 is 1.99. The molecular formula is C13H29NOS. The zero-order valence-corrected chi connectivity index (χ0v) is 12.4. The SMILES string of the molecule is CCCC(C)(CO)NC(C)CSCC(C)C. The van der Waals surface area contributed by atoms with Crippen LogP contribution in [0.15, 0.2) is 0 Å². The molecule has 0 aliphatic carbocycles. The van der Waals surface area contributed by atoms with Gasteiger partial charge in [0.2, 0.25) is 0 Å². The Bertz CT molecular complexity index is 175. The van der Waals surface area contributed by atoms with Gasteiger partial charge in [0.05, 0.1) is 6.61 Å². The largest absolute Gasteiger partial charge is 0.394 e. The molecule has 0 aliphatic rings. The van der Waals surface area contributed by atoms with Crippen LogP contribution in [0.3, 0.4) is 0 Å². The number of aliphatic hydroxyl groups is 1. The summed E-state index contributed by atoms with van der Waals surface area (Å²) in [6.45, 7) is 11.2. The van der Waals surface area contributed by atoms with Crippen LogP contribution in [0.2, 0.25) is 0 Å². The van der Waals surface area contributed by atoms with E-state index in [1.807, 2.05) is 11.8 Å². The van der Waals surface area contributed by atoms with Crippen molar-refractivity contribution in [2.24, 2.45) is 5.92 Å². The third kappa shape index (κ3) is 7.53. The van der Waals surface area contributed by atoms with E-state index in [4.69, 9.17) is 0 Å². The van der Waals surface area contributed by atoms with Crippen molar-refractivity contribution in [3.8, 4) is 0 Å². The monoisotopic (exact) mass is 247 g/mol.